The Morgan fingerprint density at radius 1 is 1.53 bits per heavy atom. The number of pyridine rings is 1. The van der Waals surface area contributed by atoms with E-state index in [1.54, 1.807) is 6.92 Å². The van der Waals surface area contributed by atoms with Crippen LogP contribution in [0.1, 0.15) is 12.6 Å². The Labute approximate surface area is 113 Å². The van der Waals surface area contributed by atoms with Crippen LogP contribution < -0.4 is 9.64 Å². The average Bonchev–Trinajstić information content (AvgIpc) is 2.37. The Hall–Kier alpha value is -2.23. The lowest BCUT2D eigenvalue weighted by molar-refractivity contribution is 0.263. The molecule has 0 fully saturated rings. The van der Waals surface area contributed by atoms with Gasteiger partial charge in [0.15, 0.2) is 17.5 Å². The molecular weight excluding hydrogens is 240 g/mol. The molecule has 0 bridgehead atoms. The molecular formula is C15H18N2O2. The molecule has 1 aliphatic rings. The maximum absolute atomic E-state index is 5.59. The number of rotatable bonds is 5. The average molecular weight is 258 g/mol. The van der Waals surface area contributed by atoms with Gasteiger partial charge in [0.25, 0.3) is 0 Å². The van der Waals surface area contributed by atoms with E-state index in [4.69, 9.17) is 9.47 Å². The van der Waals surface area contributed by atoms with Gasteiger partial charge in [0.1, 0.15) is 6.61 Å². The molecule has 1 aromatic rings. The summed E-state index contributed by atoms with van der Waals surface area (Å²) >= 11 is 0. The van der Waals surface area contributed by atoms with Crippen LogP contribution in [-0.4, -0.2) is 18.1 Å². The molecule has 0 radical (unpaired) electrons. The molecule has 2 heterocycles. The molecule has 2 rings (SSSR count). The third-order valence-corrected chi connectivity index (χ3v) is 2.67. The van der Waals surface area contributed by atoms with E-state index in [-0.39, 0.29) is 0 Å². The standard InChI is InChI=1S/C15H18N2O2/c1-5-6-13-7-8-14-15(16-13)17(9-10-18-14)12(4)19-11(2)3/h5,7-8H,1-2,4,6,9-10H2,3H3. The van der Waals surface area contributed by atoms with Gasteiger partial charge in [0.2, 0.25) is 0 Å². The molecule has 0 amide bonds. The Morgan fingerprint density at radius 2 is 2.32 bits per heavy atom. The maximum Gasteiger partial charge on any atom is 0.193 e. The number of ether oxygens (including phenoxy) is 2. The zero-order chi connectivity index (χ0) is 13.8. The highest BCUT2D eigenvalue weighted by Crippen LogP contribution is 2.32. The van der Waals surface area contributed by atoms with Crippen molar-refractivity contribution in [2.45, 2.75) is 13.3 Å². The number of nitrogens with zero attached hydrogens (tertiary/aromatic N) is 2. The van der Waals surface area contributed by atoms with Gasteiger partial charge < -0.3 is 9.47 Å². The molecule has 19 heavy (non-hydrogen) atoms. The van der Waals surface area contributed by atoms with Crippen LogP contribution in [0.25, 0.3) is 0 Å². The first kappa shape index (κ1) is 13.2. The van der Waals surface area contributed by atoms with Crippen molar-refractivity contribution in [1.82, 2.24) is 4.98 Å². The molecule has 0 saturated heterocycles. The first-order chi connectivity index (χ1) is 9.11. The fourth-order valence-electron chi connectivity index (χ4n) is 1.89. The van der Waals surface area contributed by atoms with Crippen molar-refractivity contribution in [3.63, 3.8) is 0 Å². The highest BCUT2D eigenvalue weighted by atomic mass is 16.5. The van der Waals surface area contributed by atoms with Crippen LogP contribution in [0.3, 0.4) is 0 Å². The molecule has 1 aromatic heterocycles. The third kappa shape index (κ3) is 2.96. The minimum absolute atomic E-state index is 0.514. The lowest BCUT2D eigenvalue weighted by Crippen LogP contribution is -2.33. The topological polar surface area (TPSA) is 34.6 Å². The monoisotopic (exact) mass is 258 g/mol. The van der Waals surface area contributed by atoms with Gasteiger partial charge in [0, 0.05) is 12.1 Å². The smallest absolute Gasteiger partial charge is 0.193 e. The lowest BCUT2D eigenvalue weighted by atomic mass is 10.2. The largest absolute Gasteiger partial charge is 0.488 e. The van der Waals surface area contributed by atoms with Gasteiger partial charge in [-0.1, -0.05) is 12.7 Å². The van der Waals surface area contributed by atoms with Crippen LogP contribution in [-0.2, 0) is 11.2 Å². The molecule has 1 aliphatic heterocycles. The summed E-state index contributed by atoms with van der Waals surface area (Å²) in [4.78, 5) is 6.47. The molecule has 0 unspecified atom stereocenters. The molecule has 4 nitrogen and oxygen atoms in total. The summed E-state index contributed by atoms with van der Waals surface area (Å²) in [5.41, 5.74) is 0.937. The summed E-state index contributed by atoms with van der Waals surface area (Å²) < 4.78 is 11.1. The van der Waals surface area contributed by atoms with Crippen LogP contribution in [0.4, 0.5) is 5.82 Å². The number of hydrogen-bond acceptors (Lipinski definition) is 4. The Kier molecular flexibility index (Phi) is 3.90. The fourth-order valence-corrected chi connectivity index (χ4v) is 1.89. The van der Waals surface area contributed by atoms with Crippen molar-refractivity contribution in [3.8, 4) is 5.75 Å². The predicted octanol–water partition coefficient (Wildman–Crippen LogP) is 3.03. The molecule has 4 heteroatoms. The van der Waals surface area contributed by atoms with E-state index in [2.05, 4.69) is 24.7 Å². The first-order valence-electron chi connectivity index (χ1n) is 6.15. The Morgan fingerprint density at radius 3 is 3.00 bits per heavy atom. The molecule has 0 saturated carbocycles. The normalized spacial score (nSPS) is 13.2. The minimum atomic E-state index is 0.514. The van der Waals surface area contributed by atoms with Gasteiger partial charge in [-0.05, 0) is 25.6 Å². The van der Waals surface area contributed by atoms with E-state index < -0.39 is 0 Å². The van der Waals surface area contributed by atoms with Crippen LogP contribution in [0.2, 0.25) is 0 Å². The summed E-state index contributed by atoms with van der Waals surface area (Å²) in [5, 5.41) is 0. The third-order valence-electron chi connectivity index (χ3n) is 2.67. The molecule has 0 aromatic carbocycles. The number of aromatic nitrogens is 1. The summed E-state index contributed by atoms with van der Waals surface area (Å²) in [6, 6.07) is 3.85. The van der Waals surface area contributed by atoms with E-state index in [1.165, 1.54) is 0 Å². The van der Waals surface area contributed by atoms with Crippen molar-refractivity contribution in [1.29, 1.82) is 0 Å². The van der Waals surface area contributed by atoms with Crippen LogP contribution in [0.15, 0.2) is 49.6 Å². The molecule has 0 aliphatic carbocycles. The first-order valence-corrected chi connectivity index (χ1v) is 6.15. The van der Waals surface area contributed by atoms with E-state index in [1.807, 2.05) is 23.1 Å². The Balaban J connectivity index is 2.30. The van der Waals surface area contributed by atoms with Gasteiger partial charge in [0.05, 0.1) is 12.3 Å². The fraction of sp³-hybridized carbons (Fsp3) is 0.267. The van der Waals surface area contributed by atoms with Gasteiger partial charge >= 0.3 is 0 Å². The van der Waals surface area contributed by atoms with Gasteiger partial charge in [-0.2, -0.15) is 0 Å². The van der Waals surface area contributed by atoms with Crippen molar-refractivity contribution in [2.24, 2.45) is 0 Å². The SMILES string of the molecule is C=CCc1ccc2c(n1)N(C(=C)OC(=C)C)CCO2. The minimum Gasteiger partial charge on any atom is -0.488 e. The molecule has 0 N–H and O–H groups in total. The van der Waals surface area contributed by atoms with Gasteiger partial charge in [-0.25, -0.2) is 4.98 Å². The summed E-state index contributed by atoms with van der Waals surface area (Å²) in [6.45, 7) is 14.4. The zero-order valence-corrected chi connectivity index (χ0v) is 11.2. The van der Waals surface area contributed by atoms with Gasteiger partial charge in [-0.15, -0.1) is 6.58 Å². The summed E-state index contributed by atoms with van der Waals surface area (Å²) in [7, 11) is 0. The number of fused-ring (bicyclic) bond motifs is 1. The molecule has 0 atom stereocenters. The van der Waals surface area contributed by atoms with E-state index in [0.29, 0.717) is 24.8 Å². The van der Waals surface area contributed by atoms with Crippen molar-refractivity contribution >= 4 is 5.82 Å². The molecule has 100 valence electrons. The number of hydrogen-bond donors (Lipinski definition) is 0. The molecule has 0 spiro atoms. The Bertz CT molecular complexity index is 523. The van der Waals surface area contributed by atoms with E-state index in [9.17, 15) is 0 Å². The highest BCUT2D eigenvalue weighted by molar-refractivity contribution is 5.57. The lowest BCUT2D eigenvalue weighted by Gasteiger charge is -2.31. The maximum atomic E-state index is 5.59. The summed E-state index contributed by atoms with van der Waals surface area (Å²) in [6.07, 6.45) is 2.54. The van der Waals surface area contributed by atoms with Crippen LogP contribution >= 0.6 is 0 Å². The second-order valence-electron chi connectivity index (χ2n) is 4.32. The van der Waals surface area contributed by atoms with Crippen molar-refractivity contribution < 1.29 is 9.47 Å². The van der Waals surface area contributed by atoms with Crippen LogP contribution in [0.5, 0.6) is 5.75 Å². The second-order valence-corrected chi connectivity index (χ2v) is 4.32. The number of allylic oxidation sites excluding steroid dienone is 2. The quantitative estimate of drug-likeness (QED) is 0.600. The predicted molar refractivity (Wildman–Crippen MR) is 76.0 cm³/mol. The number of anilines is 1. The van der Waals surface area contributed by atoms with Crippen molar-refractivity contribution in [3.05, 3.63) is 55.3 Å². The van der Waals surface area contributed by atoms with Crippen molar-refractivity contribution in [2.75, 3.05) is 18.1 Å². The second kappa shape index (κ2) is 5.61. The highest BCUT2D eigenvalue weighted by Gasteiger charge is 2.23. The summed E-state index contributed by atoms with van der Waals surface area (Å²) in [5.74, 6) is 2.59. The zero-order valence-electron chi connectivity index (χ0n) is 11.2. The van der Waals surface area contributed by atoms with E-state index >= 15 is 0 Å². The van der Waals surface area contributed by atoms with E-state index in [0.717, 1.165) is 23.7 Å². The van der Waals surface area contributed by atoms with Crippen LogP contribution in [0, 0.1) is 0 Å². The van der Waals surface area contributed by atoms with Gasteiger partial charge in [-0.3, -0.25) is 4.90 Å².